The van der Waals surface area contributed by atoms with Crippen molar-refractivity contribution in [2.75, 3.05) is 6.61 Å². The number of benzene rings is 11. The maximum absolute atomic E-state index is 6.01. The second-order valence-electron chi connectivity index (χ2n) is 20.1. The van der Waals surface area contributed by atoms with E-state index >= 15 is 0 Å². The summed E-state index contributed by atoms with van der Waals surface area (Å²) in [5.41, 5.74) is 20.8. The van der Waals surface area contributed by atoms with Crippen molar-refractivity contribution >= 4 is 43.1 Å². The Labute approximate surface area is 399 Å². The third-order valence-corrected chi connectivity index (χ3v) is 15.6. The molecule has 0 radical (unpaired) electrons. The smallest absolute Gasteiger partial charge is 0.119 e. The number of hydrogen-bond donors (Lipinski definition) is 0. The molecule has 0 saturated heterocycles. The normalized spacial score (nSPS) is 14.0. The molecular formula is C67H52O. The third kappa shape index (κ3) is 5.88. The first-order valence-electron chi connectivity index (χ1n) is 24.4. The minimum Gasteiger partial charge on any atom is -0.494 e. The Bertz CT molecular complexity index is 3770. The van der Waals surface area contributed by atoms with Crippen LogP contribution in [0.5, 0.6) is 5.75 Å². The zero-order valence-corrected chi connectivity index (χ0v) is 39.4. The van der Waals surface area contributed by atoms with Gasteiger partial charge in [-0.15, -0.1) is 0 Å². The van der Waals surface area contributed by atoms with E-state index in [2.05, 4.69) is 235 Å². The summed E-state index contributed by atoms with van der Waals surface area (Å²) in [6, 6.07) is 75.5. The van der Waals surface area contributed by atoms with Gasteiger partial charge in [0.2, 0.25) is 0 Å². The molecule has 0 saturated carbocycles. The van der Waals surface area contributed by atoms with E-state index in [9.17, 15) is 0 Å². The Balaban J connectivity index is 0.964. The molecule has 0 unspecified atom stereocenters. The predicted molar refractivity (Wildman–Crippen MR) is 289 cm³/mol. The minimum absolute atomic E-state index is 0.0411. The summed E-state index contributed by atoms with van der Waals surface area (Å²) in [5.74, 6) is 0.909. The average molecular weight is 873 g/mol. The van der Waals surface area contributed by atoms with E-state index in [0.29, 0.717) is 6.61 Å². The zero-order valence-electron chi connectivity index (χ0n) is 39.4. The van der Waals surface area contributed by atoms with Gasteiger partial charge in [-0.1, -0.05) is 204 Å². The summed E-state index contributed by atoms with van der Waals surface area (Å²) in [4.78, 5) is 0. The molecule has 1 heteroatoms. The minimum atomic E-state index is -0.198. The van der Waals surface area contributed by atoms with E-state index < -0.39 is 0 Å². The number of ether oxygens (including phenoxy) is 1. The molecule has 0 N–H and O–H groups in total. The van der Waals surface area contributed by atoms with E-state index in [1.165, 1.54) is 132 Å². The van der Waals surface area contributed by atoms with Gasteiger partial charge in [-0.25, -0.2) is 0 Å². The van der Waals surface area contributed by atoms with Gasteiger partial charge < -0.3 is 4.74 Å². The van der Waals surface area contributed by atoms with Crippen LogP contribution in [0, 0.1) is 0 Å². The fourth-order valence-electron chi connectivity index (χ4n) is 12.3. The summed E-state index contributed by atoms with van der Waals surface area (Å²) < 4.78 is 6.01. The maximum atomic E-state index is 6.01. The molecule has 13 rings (SSSR count). The highest BCUT2D eigenvalue weighted by molar-refractivity contribution is 6.30. The second-order valence-corrected chi connectivity index (χ2v) is 20.1. The van der Waals surface area contributed by atoms with Gasteiger partial charge in [0.05, 0.1) is 6.61 Å². The molecule has 0 bridgehead atoms. The summed E-state index contributed by atoms with van der Waals surface area (Å²) in [6.07, 6.45) is 0.983. The first-order chi connectivity index (χ1) is 33.2. The number of fused-ring (bicyclic) bond motifs is 10. The van der Waals surface area contributed by atoms with Gasteiger partial charge >= 0.3 is 0 Å². The monoisotopic (exact) mass is 872 g/mol. The highest BCUT2D eigenvalue weighted by atomic mass is 16.5. The van der Waals surface area contributed by atoms with E-state index in [-0.39, 0.29) is 10.8 Å². The highest BCUT2D eigenvalue weighted by Crippen LogP contribution is 2.55. The Hall–Kier alpha value is -7.74. The lowest BCUT2D eigenvalue weighted by atomic mass is 9.79. The Morgan fingerprint density at radius 3 is 1.07 bits per heavy atom. The van der Waals surface area contributed by atoms with Crippen molar-refractivity contribution < 1.29 is 4.74 Å². The summed E-state index contributed by atoms with van der Waals surface area (Å²) in [7, 11) is 0. The van der Waals surface area contributed by atoms with Gasteiger partial charge in [0.25, 0.3) is 0 Å². The van der Waals surface area contributed by atoms with E-state index in [1.807, 2.05) is 0 Å². The largest absolute Gasteiger partial charge is 0.494 e. The van der Waals surface area contributed by atoms with Crippen LogP contribution >= 0.6 is 0 Å². The average Bonchev–Trinajstić information content (AvgIpc) is 3.75. The molecule has 0 aromatic heterocycles. The topological polar surface area (TPSA) is 9.23 Å². The van der Waals surface area contributed by atoms with Crippen LogP contribution in [-0.2, 0) is 10.8 Å². The SMILES string of the molecule is CCCOc1ccc(-c2c3ccccc3c(-c3c4ccccc4c(-c4ccc5c(c4)C(C)(C)c4cc(-c6ccc7c(c6)C(C)(C)c6ccccc6-7)ccc4-5)c4ccccc34)c3ccccc23)cc1. The first-order valence-corrected chi connectivity index (χ1v) is 24.4. The van der Waals surface area contributed by atoms with Crippen molar-refractivity contribution in [3.63, 3.8) is 0 Å². The molecule has 0 heterocycles. The number of hydrogen-bond acceptors (Lipinski definition) is 1. The highest BCUT2D eigenvalue weighted by Gasteiger charge is 2.38. The molecule has 0 amide bonds. The quantitative estimate of drug-likeness (QED) is 0.145. The van der Waals surface area contributed by atoms with Crippen molar-refractivity contribution in [3.8, 4) is 72.5 Å². The molecule has 0 aliphatic heterocycles. The molecule has 68 heavy (non-hydrogen) atoms. The zero-order chi connectivity index (χ0) is 45.9. The number of rotatable bonds is 7. The fraction of sp³-hybridized carbons (Fsp3) is 0.134. The van der Waals surface area contributed by atoms with E-state index in [1.54, 1.807) is 0 Å². The van der Waals surface area contributed by atoms with Gasteiger partial charge in [0.1, 0.15) is 5.75 Å². The van der Waals surface area contributed by atoms with Gasteiger partial charge in [-0.2, -0.15) is 0 Å². The van der Waals surface area contributed by atoms with Crippen LogP contribution in [0.25, 0.3) is 110 Å². The van der Waals surface area contributed by atoms with Crippen molar-refractivity contribution in [3.05, 3.63) is 222 Å². The van der Waals surface area contributed by atoms with Gasteiger partial charge in [-0.3, -0.25) is 0 Å². The van der Waals surface area contributed by atoms with Gasteiger partial charge in [0, 0.05) is 10.8 Å². The van der Waals surface area contributed by atoms with Crippen molar-refractivity contribution in [1.82, 2.24) is 0 Å². The summed E-state index contributed by atoms with van der Waals surface area (Å²) >= 11 is 0. The lowest BCUT2D eigenvalue weighted by molar-refractivity contribution is 0.317. The molecule has 0 atom stereocenters. The van der Waals surface area contributed by atoms with Crippen LogP contribution in [-0.4, -0.2) is 6.61 Å². The molecule has 2 aliphatic carbocycles. The van der Waals surface area contributed by atoms with E-state index in [4.69, 9.17) is 4.74 Å². The molecule has 0 fully saturated rings. The van der Waals surface area contributed by atoms with Crippen molar-refractivity contribution in [2.24, 2.45) is 0 Å². The lowest BCUT2D eigenvalue weighted by Crippen LogP contribution is -2.15. The van der Waals surface area contributed by atoms with Crippen molar-refractivity contribution in [2.45, 2.75) is 51.9 Å². The first kappa shape index (κ1) is 40.5. The predicted octanol–water partition coefficient (Wildman–Crippen LogP) is 18.4. The van der Waals surface area contributed by atoms with Crippen LogP contribution in [0.4, 0.5) is 0 Å². The Kier molecular flexibility index (Phi) is 9.02. The Morgan fingerprint density at radius 1 is 0.309 bits per heavy atom. The van der Waals surface area contributed by atoms with E-state index in [0.717, 1.165) is 12.2 Å². The van der Waals surface area contributed by atoms with Crippen LogP contribution in [0.1, 0.15) is 63.3 Å². The standard InChI is InChI=1S/C67H52O/c1-6-37-68-45-32-27-41(28-33-45)62-50-18-7-11-22-54(50)64(55-23-12-8-19-51(55)62)65-56-24-13-9-20-52(56)63(53-21-10-14-25-57(53)65)44-31-36-49-48-35-30-43(39-60(48)67(4,5)61(49)40-44)42-29-34-47-46-17-15-16-26-58(46)66(2,3)59(47)38-42/h7-36,38-40H,6,37H2,1-5H3. The van der Waals surface area contributed by atoms with Gasteiger partial charge in [0.15, 0.2) is 0 Å². The van der Waals surface area contributed by atoms with Crippen LogP contribution in [0.15, 0.2) is 200 Å². The third-order valence-electron chi connectivity index (χ3n) is 15.6. The molecule has 2 aliphatic rings. The van der Waals surface area contributed by atoms with Crippen molar-refractivity contribution in [1.29, 1.82) is 0 Å². The molecule has 0 spiro atoms. The van der Waals surface area contributed by atoms with Crippen LogP contribution < -0.4 is 4.74 Å². The summed E-state index contributed by atoms with van der Waals surface area (Å²) in [5, 5.41) is 10.0. The molecular weight excluding hydrogens is 821 g/mol. The molecule has 11 aromatic carbocycles. The maximum Gasteiger partial charge on any atom is 0.119 e. The summed E-state index contributed by atoms with van der Waals surface area (Å²) in [6.45, 7) is 12.4. The second kappa shape index (κ2) is 15.1. The molecule has 326 valence electrons. The van der Waals surface area contributed by atoms with Crippen LogP contribution in [0.3, 0.4) is 0 Å². The Morgan fingerprint density at radius 2 is 0.632 bits per heavy atom. The van der Waals surface area contributed by atoms with Crippen LogP contribution in [0.2, 0.25) is 0 Å². The lowest BCUT2D eigenvalue weighted by Gasteiger charge is -2.24. The fourth-order valence-corrected chi connectivity index (χ4v) is 12.3. The van der Waals surface area contributed by atoms with Gasteiger partial charge in [-0.05, 0) is 169 Å². The molecule has 11 aromatic rings. The molecule has 1 nitrogen and oxygen atoms in total.